The summed E-state index contributed by atoms with van der Waals surface area (Å²) in [6.45, 7) is 0. The van der Waals surface area contributed by atoms with Gasteiger partial charge in [0.25, 0.3) is 0 Å². The maximum Gasteiger partial charge on any atom is 0.167 e. The molecule has 0 aliphatic rings. The lowest BCUT2D eigenvalue weighted by atomic mass is 10.1. The predicted octanol–water partition coefficient (Wildman–Crippen LogP) is 2.02. The SMILES string of the molecule is CN(C)/C=C(/C=[N+](C)C)Cc1ccccc1. The van der Waals surface area contributed by atoms with Crippen molar-refractivity contribution < 1.29 is 4.58 Å². The van der Waals surface area contributed by atoms with E-state index in [0.717, 1.165) is 6.42 Å². The van der Waals surface area contributed by atoms with Crippen LogP contribution in [-0.2, 0) is 6.42 Å². The Morgan fingerprint density at radius 1 is 1.19 bits per heavy atom. The van der Waals surface area contributed by atoms with Gasteiger partial charge in [-0.25, -0.2) is 4.58 Å². The van der Waals surface area contributed by atoms with Gasteiger partial charge in [0.2, 0.25) is 0 Å². The van der Waals surface area contributed by atoms with Gasteiger partial charge in [0.15, 0.2) is 6.21 Å². The van der Waals surface area contributed by atoms with Crippen LogP contribution in [0.3, 0.4) is 0 Å². The molecule has 86 valence electrons. The molecule has 1 aromatic carbocycles. The lowest BCUT2D eigenvalue weighted by molar-refractivity contribution is -0.459. The topological polar surface area (TPSA) is 6.25 Å². The van der Waals surface area contributed by atoms with E-state index in [1.54, 1.807) is 0 Å². The molecule has 0 bridgehead atoms. The summed E-state index contributed by atoms with van der Waals surface area (Å²) in [5, 5.41) is 0. The van der Waals surface area contributed by atoms with Crippen LogP contribution in [-0.4, -0.2) is 43.9 Å². The molecule has 0 saturated carbocycles. The second-order valence-electron chi connectivity index (χ2n) is 4.42. The van der Waals surface area contributed by atoms with Crippen molar-refractivity contribution in [3.8, 4) is 0 Å². The van der Waals surface area contributed by atoms with Gasteiger partial charge >= 0.3 is 0 Å². The van der Waals surface area contributed by atoms with Crippen LogP contribution in [0.5, 0.6) is 0 Å². The van der Waals surface area contributed by atoms with Crippen LogP contribution in [0.1, 0.15) is 5.56 Å². The van der Waals surface area contributed by atoms with Crippen molar-refractivity contribution in [1.82, 2.24) is 4.90 Å². The highest BCUT2D eigenvalue weighted by Gasteiger charge is 2.01. The van der Waals surface area contributed by atoms with Gasteiger partial charge < -0.3 is 4.90 Å². The molecule has 0 heterocycles. The lowest BCUT2D eigenvalue weighted by Gasteiger charge is -2.07. The molecule has 0 aliphatic heterocycles. The number of benzene rings is 1. The summed E-state index contributed by atoms with van der Waals surface area (Å²) in [6.07, 6.45) is 5.29. The van der Waals surface area contributed by atoms with Crippen molar-refractivity contribution in [2.24, 2.45) is 0 Å². The maximum absolute atomic E-state index is 2.16. The molecule has 0 saturated heterocycles. The Hall–Kier alpha value is -1.57. The highest BCUT2D eigenvalue weighted by molar-refractivity contribution is 5.74. The van der Waals surface area contributed by atoms with E-state index >= 15 is 0 Å². The van der Waals surface area contributed by atoms with Crippen LogP contribution in [0, 0.1) is 0 Å². The second-order valence-corrected chi connectivity index (χ2v) is 4.42. The minimum absolute atomic E-state index is 0.969. The molecule has 0 N–H and O–H groups in total. The van der Waals surface area contributed by atoms with Crippen molar-refractivity contribution in [2.45, 2.75) is 6.42 Å². The lowest BCUT2D eigenvalue weighted by Crippen LogP contribution is -2.09. The Bertz CT molecular complexity index is 371. The fourth-order valence-electron chi connectivity index (χ4n) is 1.62. The van der Waals surface area contributed by atoms with Gasteiger partial charge in [0.1, 0.15) is 14.1 Å². The van der Waals surface area contributed by atoms with Crippen LogP contribution in [0.4, 0.5) is 0 Å². The molecule has 0 unspecified atom stereocenters. The van der Waals surface area contributed by atoms with Gasteiger partial charge in [0, 0.05) is 32.3 Å². The third-order valence-electron chi connectivity index (χ3n) is 2.10. The molecule has 1 aromatic rings. The molecule has 0 aliphatic carbocycles. The van der Waals surface area contributed by atoms with E-state index in [2.05, 4.69) is 80.4 Å². The largest absolute Gasteiger partial charge is 0.383 e. The van der Waals surface area contributed by atoms with E-state index in [-0.39, 0.29) is 0 Å². The average Bonchev–Trinajstić information content (AvgIpc) is 2.16. The van der Waals surface area contributed by atoms with E-state index in [1.165, 1.54) is 11.1 Å². The standard InChI is InChI=1S/C14H21N2/c1-15(2)11-14(12-16(3)4)10-13-8-6-5-7-9-13/h5-9,11-12H,10H2,1-4H3/q+1. The number of rotatable bonds is 4. The minimum Gasteiger partial charge on any atom is -0.383 e. The summed E-state index contributed by atoms with van der Waals surface area (Å²) in [5.41, 5.74) is 2.65. The van der Waals surface area contributed by atoms with E-state index in [1.807, 2.05) is 0 Å². The van der Waals surface area contributed by atoms with Crippen molar-refractivity contribution in [3.05, 3.63) is 47.7 Å². The first kappa shape index (κ1) is 12.5. The van der Waals surface area contributed by atoms with Crippen molar-refractivity contribution in [2.75, 3.05) is 28.2 Å². The summed E-state index contributed by atoms with van der Waals surface area (Å²) >= 11 is 0. The maximum atomic E-state index is 2.16. The monoisotopic (exact) mass is 217 g/mol. The fourth-order valence-corrected chi connectivity index (χ4v) is 1.62. The van der Waals surface area contributed by atoms with Gasteiger partial charge in [-0.2, -0.15) is 0 Å². The van der Waals surface area contributed by atoms with Gasteiger partial charge in [0.05, 0.1) is 0 Å². The van der Waals surface area contributed by atoms with Crippen LogP contribution >= 0.6 is 0 Å². The Balaban J connectivity index is 2.84. The molecule has 2 nitrogen and oxygen atoms in total. The number of allylic oxidation sites excluding steroid dienone is 1. The molecular weight excluding hydrogens is 196 g/mol. The highest BCUT2D eigenvalue weighted by atomic mass is 15.0. The highest BCUT2D eigenvalue weighted by Crippen LogP contribution is 2.06. The summed E-state index contributed by atoms with van der Waals surface area (Å²) in [5.74, 6) is 0. The third kappa shape index (κ3) is 4.78. The number of nitrogens with zero attached hydrogens (tertiary/aromatic N) is 2. The quantitative estimate of drug-likeness (QED) is 0.552. The molecule has 2 heteroatoms. The van der Waals surface area contributed by atoms with Crippen molar-refractivity contribution >= 4 is 6.21 Å². The molecule has 0 radical (unpaired) electrons. The zero-order valence-electron chi connectivity index (χ0n) is 10.6. The first-order chi connectivity index (χ1) is 7.58. The first-order valence-electron chi connectivity index (χ1n) is 5.50. The molecule has 0 spiro atoms. The van der Waals surface area contributed by atoms with Gasteiger partial charge in [-0.15, -0.1) is 0 Å². The molecule has 0 fully saturated rings. The van der Waals surface area contributed by atoms with Gasteiger partial charge in [-0.3, -0.25) is 0 Å². The van der Waals surface area contributed by atoms with Crippen molar-refractivity contribution in [1.29, 1.82) is 0 Å². The zero-order chi connectivity index (χ0) is 12.0. The number of hydrogen-bond acceptors (Lipinski definition) is 1. The zero-order valence-corrected chi connectivity index (χ0v) is 10.6. The molecular formula is C14H21N2+. The minimum atomic E-state index is 0.969. The fraction of sp³-hybridized carbons (Fsp3) is 0.357. The molecule has 0 atom stereocenters. The Labute approximate surface area is 98.5 Å². The smallest absolute Gasteiger partial charge is 0.167 e. The van der Waals surface area contributed by atoms with E-state index in [4.69, 9.17) is 0 Å². The van der Waals surface area contributed by atoms with Crippen LogP contribution in [0.25, 0.3) is 0 Å². The van der Waals surface area contributed by atoms with E-state index < -0.39 is 0 Å². The predicted molar refractivity (Wildman–Crippen MR) is 70.1 cm³/mol. The summed E-state index contributed by atoms with van der Waals surface area (Å²) < 4.78 is 2.08. The summed E-state index contributed by atoms with van der Waals surface area (Å²) in [4.78, 5) is 2.08. The van der Waals surface area contributed by atoms with Gasteiger partial charge in [-0.05, 0) is 5.56 Å². The molecule has 0 amide bonds. The summed E-state index contributed by atoms with van der Waals surface area (Å²) in [6, 6.07) is 10.5. The number of hydrogen-bond donors (Lipinski definition) is 0. The van der Waals surface area contributed by atoms with E-state index in [0.29, 0.717) is 0 Å². The average molecular weight is 217 g/mol. The third-order valence-corrected chi connectivity index (χ3v) is 2.10. The Morgan fingerprint density at radius 3 is 2.31 bits per heavy atom. The Kier molecular flexibility index (Phi) is 4.77. The van der Waals surface area contributed by atoms with Crippen LogP contribution in [0.2, 0.25) is 0 Å². The van der Waals surface area contributed by atoms with E-state index in [9.17, 15) is 0 Å². The normalized spacial score (nSPS) is 11.1. The van der Waals surface area contributed by atoms with Crippen LogP contribution < -0.4 is 0 Å². The molecule has 16 heavy (non-hydrogen) atoms. The van der Waals surface area contributed by atoms with Gasteiger partial charge in [-0.1, -0.05) is 30.3 Å². The summed E-state index contributed by atoms with van der Waals surface area (Å²) in [7, 11) is 8.20. The second kappa shape index (κ2) is 6.11. The van der Waals surface area contributed by atoms with Crippen molar-refractivity contribution in [3.63, 3.8) is 0 Å². The molecule has 0 aromatic heterocycles. The molecule has 1 rings (SSSR count). The first-order valence-corrected chi connectivity index (χ1v) is 5.50. The van der Waals surface area contributed by atoms with Crippen LogP contribution in [0.15, 0.2) is 42.1 Å². The Morgan fingerprint density at radius 2 is 1.81 bits per heavy atom.